The topological polar surface area (TPSA) is 66.8 Å². The van der Waals surface area contributed by atoms with E-state index in [2.05, 4.69) is 46.1 Å². The van der Waals surface area contributed by atoms with Gasteiger partial charge in [0.15, 0.2) is 0 Å². The van der Waals surface area contributed by atoms with E-state index in [1.807, 2.05) is 13.0 Å². The fraction of sp³-hybridized carbons (Fsp3) is 0.857. The number of Topliss-reactive ketones (excluding diaryl/α,β-unsaturated/α-hetero) is 1. The van der Waals surface area contributed by atoms with Crippen molar-refractivity contribution in [2.75, 3.05) is 31.1 Å². The van der Waals surface area contributed by atoms with Gasteiger partial charge in [0.05, 0.1) is 11.9 Å². The van der Waals surface area contributed by atoms with Crippen LogP contribution in [0.15, 0.2) is 12.7 Å². The minimum atomic E-state index is -0.631. The zero-order valence-corrected chi connectivity index (χ0v) is 23.1. The normalized spacial score (nSPS) is 42.1. The molecule has 0 aromatic carbocycles. The van der Waals surface area contributed by atoms with Crippen molar-refractivity contribution in [2.24, 2.45) is 34.0 Å². The van der Waals surface area contributed by atoms with Crippen molar-refractivity contribution in [1.82, 2.24) is 4.90 Å². The third kappa shape index (κ3) is 4.64. The maximum Gasteiger partial charge on any atom is 0.316 e. The minimum Gasteiger partial charge on any atom is -0.461 e. The summed E-state index contributed by atoms with van der Waals surface area (Å²) in [5.41, 5.74) is -1.25. The molecule has 1 N–H and O–H groups in total. The number of aliphatic hydroxyl groups excluding tert-OH is 1. The van der Waals surface area contributed by atoms with Crippen LogP contribution >= 0.6 is 11.8 Å². The second-order valence-electron chi connectivity index (χ2n) is 11.7. The van der Waals surface area contributed by atoms with E-state index in [0.717, 1.165) is 44.6 Å². The summed E-state index contributed by atoms with van der Waals surface area (Å²) in [5.74, 6) is 1.45. The number of carbonyl (C=O) groups excluding carboxylic acids is 2. The van der Waals surface area contributed by atoms with Crippen molar-refractivity contribution in [3.05, 3.63) is 12.7 Å². The van der Waals surface area contributed by atoms with Crippen LogP contribution < -0.4 is 0 Å². The molecule has 34 heavy (non-hydrogen) atoms. The molecule has 0 aromatic rings. The number of carbonyl (C=O) groups is 2. The molecule has 5 nitrogen and oxygen atoms in total. The fourth-order valence-electron chi connectivity index (χ4n) is 7.75. The highest BCUT2D eigenvalue weighted by Gasteiger charge is 2.68. The number of esters is 1. The second-order valence-corrected chi connectivity index (χ2v) is 12.8. The van der Waals surface area contributed by atoms with Crippen molar-refractivity contribution in [3.8, 4) is 0 Å². The Morgan fingerprint density at radius 3 is 2.56 bits per heavy atom. The summed E-state index contributed by atoms with van der Waals surface area (Å²) in [6.07, 6.45) is 4.56. The number of hydrogen-bond donors (Lipinski definition) is 1. The standard InChI is InChI=1S/C28H47NO4S/c1-8-26(6)17-22(33-23(31)18-34-16-15-29(9-2)10-3)27(7)13-11-19(4)28(20(5)25(26)32)14-12-21(30)24(27)28/h8,19-20,22,24-25,32H,1,9-18H2,2-7H3/t19-,20-,22-,24+,25-,26+,27+,28-/m0/s1. The molecule has 3 aliphatic carbocycles. The van der Waals surface area contributed by atoms with Gasteiger partial charge in [-0.15, -0.1) is 18.3 Å². The summed E-state index contributed by atoms with van der Waals surface area (Å²) in [5, 5.41) is 11.6. The molecule has 0 aliphatic heterocycles. The molecule has 3 aliphatic rings. The van der Waals surface area contributed by atoms with Crippen molar-refractivity contribution in [2.45, 2.75) is 85.9 Å². The first-order valence-electron chi connectivity index (χ1n) is 13.3. The largest absolute Gasteiger partial charge is 0.461 e. The SMILES string of the molecule is C=C[C@]1(C)C[C@H](OC(=O)CSCCN(CC)CC)[C@@]2(C)CC[C@H](C)[C@@]3(CCC(=O)[C@H]23)[C@@H](C)[C@@H]1O. The molecule has 0 heterocycles. The predicted molar refractivity (Wildman–Crippen MR) is 140 cm³/mol. The molecule has 2 bridgehead atoms. The predicted octanol–water partition coefficient (Wildman–Crippen LogP) is 4.97. The molecule has 0 aromatic heterocycles. The summed E-state index contributed by atoms with van der Waals surface area (Å²) in [7, 11) is 0. The van der Waals surface area contributed by atoms with E-state index in [9.17, 15) is 14.7 Å². The van der Waals surface area contributed by atoms with Crippen molar-refractivity contribution < 1.29 is 19.4 Å². The van der Waals surface area contributed by atoms with Crippen LogP contribution in [-0.2, 0) is 14.3 Å². The Kier molecular flexibility index (Phi) is 8.68. The van der Waals surface area contributed by atoms with Gasteiger partial charge in [-0.05, 0) is 56.0 Å². The van der Waals surface area contributed by atoms with Gasteiger partial charge in [-0.25, -0.2) is 0 Å². The fourth-order valence-corrected chi connectivity index (χ4v) is 8.51. The Hall–Kier alpha value is -0.850. The van der Waals surface area contributed by atoms with E-state index in [1.54, 1.807) is 11.8 Å². The maximum absolute atomic E-state index is 13.4. The molecule has 0 radical (unpaired) electrons. The number of hydrogen-bond acceptors (Lipinski definition) is 6. The minimum absolute atomic E-state index is 0.0196. The van der Waals surface area contributed by atoms with E-state index in [0.29, 0.717) is 30.3 Å². The second kappa shape index (κ2) is 10.6. The van der Waals surface area contributed by atoms with Gasteiger partial charge in [0.1, 0.15) is 11.9 Å². The lowest BCUT2D eigenvalue weighted by Crippen LogP contribution is -2.63. The van der Waals surface area contributed by atoms with Crippen LogP contribution in [0, 0.1) is 34.0 Å². The molecule has 3 rings (SSSR count). The van der Waals surface area contributed by atoms with Crippen LogP contribution in [0.25, 0.3) is 0 Å². The highest BCUT2D eigenvalue weighted by molar-refractivity contribution is 7.99. The van der Waals surface area contributed by atoms with E-state index >= 15 is 0 Å². The first kappa shape index (κ1) is 27.7. The lowest BCUT2D eigenvalue weighted by Gasteiger charge is -2.62. The first-order valence-corrected chi connectivity index (χ1v) is 14.5. The van der Waals surface area contributed by atoms with E-state index in [-0.39, 0.29) is 23.2 Å². The van der Waals surface area contributed by atoms with Gasteiger partial charge in [-0.3, -0.25) is 9.59 Å². The lowest BCUT2D eigenvalue weighted by atomic mass is 9.43. The number of ketones is 1. The third-order valence-electron chi connectivity index (χ3n) is 10.1. The number of rotatable bonds is 9. The third-order valence-corrected chi connectivity index (χ3v) is 11.0. The van der Waals surface area contributed by atoms with Gasteiger partial charge in [0, 0.05) is 35.5 Å². The van der Waals surface area contributed by atoms with E-state index in [1.165, 1.54) is 0 Å². The Bertz CT molecular complexity index is 770. The molecule has 0 amide bonds. The molecule has 3 saturated carbocycles. The molecule has 8 atom stereocenters. The number of aliphatic hydroxyl groups is 1. The highest BCUT2D eigenvalue weighted by atomic mass is 32.2. The Morgan fingerprint density at radius 2 is 1.94 bits per heavy atom. The quantitative estimate of drug-likeness (QED) is 0.278. The van der Waals surface area contributed by atoms with Gasteiger partial charge in [-0.1, -0.05) is 47.6 Å². The van der Waals surface area contributed by atoms with Crippen molar-refractivity contribution in [3.63, 3.8) is 0 Å². The van der Waals surface area contributed by atoms with Gasteiger partial charge < -0.3 is 14.7 Å². The first-order chi connectivity index (χ1) is 16.0. The summed E-state index contributed by atoms with van der Waals surface area (Å²) >= 11 is 1.61. The highest BCUT2D eigenvalue weighted by Crippen LogP contribution is 2.68. The Balaban J connectivity index is 1.87. The van der Waals surface area contributed by atoms with Crippen LogP contribution in [0.5, 0.6) is 0 Å². The lowest BCUT2D eigenvalue weighted by molar-refractivity contribution is -0.203. The number of nitrogens with zero attached hydrogens (tertiary/aromatic N) is 1. The Morgan fingerprint density at radius 1 is 1.26 bits per heavy atom. The van der Waals surface area contributed by atoms with Crippen LogP contribution in [0.3, 0.4) is 0 Å². The zero-order chi connectivity index (χ0) is 25.3. The average Bonchev–Trinajstić information content (AvgIpc) is 3.19. The van der Waals surface area contributed by atoms with Crippen molar-refractivity contribution >= 4 is 23.5 Å². The molecule has 0 spiro atoms. The Labute approximate surface area is 211 Å². The number of ether oxygens (including phenoxy) is 1. The zero-order valence-electron chi connectivity index (χ0n) is 22.3. The van der Waals surface area contributed by atoms with Crippen LogP contribution in [-0.4, -0.2) is 65.1 Å². The molecular formula is C28H47NO4S. The smallest absolute Gasteiger partial charge is 0.316 e. The molecule has 3 fully saturated rings. The summed E-state index contributed by atoms with van der Waals surface area (Å²) in [6, 6.07) is 0. The van der Waals surface area contributed by atoms with Crippen LogP contribution in [0.2, 0.25) is 0 Å². The summed E-state index contributed by atoms with van der Waals surface area (Å²) in [6.45, 7) is 20.0. The molecule has 0 unspecified atom stereocenters. The monoisotopic (exact) mass is 493 g/mol. The van der Waals surface area contributed by atoms with Gasteiger partial charge in [-0.2, -0.15) is 0 Å². The summed E-state index contributed by atoms with van der Waals surface area (Å²) < 4.78 is 6.26. The van der Waals surface area contributed by atoms with Gasteiger partial charge >= 0.3 is 5.97 Å². The van der Waals surface area contributed by atoms with E-state index < -0.39 is 23.0 Å². The average molecular weight is 494 g/mol. The molecular weight excluding hydrogens is 446 g/mol. The molecule has 6 heteroatoms. The van der Waals surface area contributed by atoms with Crippen molar-refractivity contribution in [1.29, 1.82) is 0 Å². The van der Waals surface area contributed by atoms with E-state index in [4.69, 9.17) is 4.74 Å². The van der Waals surface area contributed by atoms with Gasteiger partial charge in [0.25, 0.3) is 0 Å². The van der Waals surface area contributed by atoms with Crippen LogP contribution in [0.4, 0.5) is 0 Å². The molecule has 0 saturated heterocycles. The number of thioether (sulfide) groups is 1. The van der Waals surface area contributed by atoms with Crippen LogP contribution in [0.1, 0.15) is 73.6 Å². The molecule has 194 valence electrons. The summed E-state index contributed by atoms with van der Waals surface area (Å²) in [4.78, 5) is 28.8. The van der Waals surface area contributed by atoms with Gasteiger partial charge in [0.2, 0.25) is 0 Å². The maximum atomic E-state index is 13.4.